The quantitative estimate of drug-likeness (QED) is 0.805. The summed E-state index contributed by atoms with van der Waals surface area (Å²) in [5.41, 5.74) is 0.982. The van der Waals surface area contributed by atoms with Crippen molar-refractivity contribution in [1.29, 1.82) is 0 Å². The highest BCUT2D eigenvalue weighted by molar-refractivity contribution is 7.99. The number of aliphatic hydroxyl groups excluding tert-OH is 1. The van der Waals surface area contributed by atoms with Gasteiger partial charge in [0.25, 0.3) is 0 Å². The Bertz CT molecular complexity index is 458. The van der Waals surface area contributed by atoms with E-state index in [1.165, 1.54) is 19.3 Å². The van der Waals surface area contributed by atoms with Gasteiger partial charge in [-0.15, -0.1) is 0 Å². The second-order valence-corrected chi connectivity index (χ2v) is 7.20. The molecule has 1 aromatic rings. The molecular weight excluding hydrogens is 306 g/mol. The van der Waals surface area contributed by atoms with Crippen molar-refractivity contribution in [1.82, 2.24) is 5.32 Å². The Hall–Kier alpha value is -0.420. The Labute approximate surface area is 136 Å². The minimum atomic E-state index is -0.491. The van der Waals surface area contributed by atoms with E-state index in [-0.39, 0.29) is 0 Å². The van der Waals surface area contributed by atoms with E-state index in [1.54, 1.807) is 0 Å². The molecule has 1 aromatic carbocycles. The van der Waals surface area contributed by atoms with Gasteiger partial charge in [0.05, 0.1) is 0 Å². The predicted molar refractivity (Wildman–Crippen MR) is 90.6 cm³/mol. The average molecular weight is 330 g/mol. The maximum Gasteiger partial charge on any atom is 0.119 e. The highest BCUT2D eigenvalue weighted by Crippen LogP contribution is 2.28. The fourth-order valence-electron chi connectivity index (χ4n) is 2.60. The molecule has 3 unspecified atom stereocenters. The van der Waals surface area contributed by atoms with Crippen molar-refractivity contribution < 1.29 is 9.84 Å². The first-order chi connectivity index (χ1) is 10.1. The Balaban J connectivity index is 1.67. The standard InChI is InChI=1S/C16H24ClNO2S/c1-11-7-14(4-6-16(11)17)20-10-13(19)9-18-12-3-5-15(8-12)21-2/h4,6-7,12-13,15,18-19H,3,5,8-10H2,1-2H3. The molecule has 0 radical (unpaired) electrons. The van der Waals surface area contributed by atoms with Crippen LogP contribution in [0.2, 0.25) is 5.02 Å². The molecule has 3 nitrogen and oxygen atoms in total. The van der Waals surface area contributed by atoms with E-state index in [1.807, 2.05) is 36.9 Å². The summed E-state index contributed by atoms with van der Waals surface area (Å²) in [6.45, 7) is 2.82. The number of nitrogens with one attached hydrogen (secondary N) is 1. The van der Waals surface area contributed by atoms with Gasteiger partial charge in [-0.25, -0.2) is 0 Å². The Kier molecular flexibility index (Phi) is 6.68. The molecule has 21 heavy (non-hydrogen) atoms. The highest BCUT2D eigenvalue weighted by Gasteiger charge is 2.23. The summed E-state index contributed by atoms with van der Waals surface area (Å²) < 4.78 is 5.61. The second kappa shape index (κ2) is 8.28. The van der Waals surface area contributed by atoms with Crippen LogP contribution in [0.3, 0.4) is 0 Å². The number of rotatable bonds is 7. The Morgan fingerprint density at radius 3 is 2.95 bits per heavy atom. The van der Waals surface area contributed by atoms with Gasteiger partial charge in [0.1, 0.15) is 18.5 Å². The number of hydrogen-bond acceptors (Lipinski definition) is 4. The number of benzene rings is 1. The van der Waals surface area contributed by atoms with Crippen molar-refractivity contribution in [3.8, 4) is 5.75 Å². The molecule has 1 saturated carbocycles. The Morgan fingerprint density at radius 2 is 2.29 bits per heavy atom. The van der Waals surface area contributed by atoms with Gasteiger partial charge in [-0.3, -0.25) is 0 Å². The molecule has 0 saturated heterocycles. The van der Waals surface area contributed by atoms with Gasteiger partial charge in [-0.05, 0) is 56.2 Å². The lowest BCUT2D eigenvalue weighted by molar-refractivity contribution is 0.104. The molecule has 3 atom stereocenters. The van der Waals surface area contributed by atoms with Crippen molar-refractivity contribution in [2.24, 2.45) is 0 Å². The third kappa shape index (κ3) is 5.37. The molecule has 0 aliphatic heterocycles. The smallest absolute Gasteiger partial charge is 0.119 e. The van der Waals surface area contributed by atoms with E-state index < -0.39 is 6.10 Å². The number of hydrogen-bond donors (Lipinski definition) is 2. The molecule has 0 aromatic heterocycles. The van der Waals surface area contributed by atoms with Crippen LogP contribution >= 0.6 is 23.4 Å². The van der Waals surface area contributed by atoms with Crippen molar-refractivity contribution in [3.63, 3.8) is 0 Å². The van der Waals surface area contributed by atoms with Gasteiger partial charge in [-0.2, -0.15) is 11.8 Å². The summed E-state index contributed by atoms with van der Waals surface area (Å²) in [6.07, 6.45) is 5.36. The van der Waals surface area contributed by atoms with Crippen molar-refractivity contribution >= 4 is 23.4 Å². The number of aryl methyl sites for hydroxylation is 1. The molecule has 1 aliphatic carbocycles. The van der Waals surface area contributed by atoms with Crippen molar-refractivity contribution in [2.75, 3.05) is 19.4 Å². The zero-order valence-electron chi connectivity index (χ0n) is 12.6. The zero-order chi connectivity index (χ0) is 15.2. The normalized spacial score (nSPS) is 23.2. The minimum absolute atomic E-state index is 0.298. The molecule has 0 bridgehead atoms. The lowest BCUT2D eigenvalue weighted by Gasteiger charge is -2.17. The molecule has 5 heteroatoms. The lowest BCUT2D eigenvalue weighted by atomic mass is 10.2. The van der Waals surface area contributed by atoms with Gasteiger partial charge in [0.15, 0.2) is 0 Å². The second-order valence-electron chi connectivity index (χ2n) is 5.65. The number of aliphatic hydroxyl groups is 1. The fraction of sp³-hybridized carbons (Fsp3) is 0.625. The monoisotopic (exact) mass is 329 g/mol. The Morgan fingerprint density at radius 1 is 1.48 bits per heavy atom. The van der Waals surface area contributed by atoms with Gasteiger partial charge < -0.3 is 15.2 Å². The van der Waals surface area contributed by atoms with Crippen LogP contribution < -0.4 is 10.1 Å². The van der Waals surface area contributed by atoms with E-state index in [2.05, 4.69) is 11.6 Å². The number of halogens is 1. The maximum atomic E-state index is 10.00. The van der Waals surface area contributed by atoms with Crippen LogP contribution in [0.1, 0.15) is 24.8 Å². The summed E-state index contributed by atoms with van der Waals surface area (Å²) in [5.74, 6) is 0.749. The molecule has 118 valence electrons. The topological polar surface area (TPSA) is 41.5 Å². The molecule has 1 aliphatic rings. The first-order valence-electron chi connectivity index (χ1n) is 7.41. The summed E-state index contributed by atoms with van der Waals surface area (Å²) >= 11 is 7.92. The first-order valence-corrected chi connectivity index (χ1v) is 9.08. The summed E-state index contributed by atoms with van der Waals surface area (Å²) in [4.78, 5) is 0. The van der Waals surface area contributed by atoms with E-state index in [0.717, 1.165) is 21.6 Å². The molecule has 0 heterocycles. The van der Waals surface area contributed by atoms with Crippen LogP contribution in [0.5, 0.6) is 5.75 Å². The number of ether oxygens (including phenoxy) is 1. The van der Waals surface area contributed by atoms with Gasteiger partial charge >= 0.3 is 0 Å². The van der Waals surface area contributed by atoms with Crippen LogP contribution in [0, 0.1) is 6.92 Å². The molecule has 2 rings (SSSR count). The molecule has 0 amide bonds. The van der Waals surface area contributed by atoms with E-state index in [0.29, 0.717) is 19.2 Å². The molecule has 0 spiro atoms. The summed E-state index contributed by atoms with van der Waals surface area (Å²) in [7, 11) is 0. The molecule has 2 N–H and O–H groups in total. The third-order valence-corrected chi connectivity index (χ3v) is 5.45. The summed E-state index contributed by atoms with van der Waals surface area (Å²) in [5, 5.41) is 14.9. The van der Waals surface area contributed by atoms with Crippen LogP contribution in [0.25, 0.3) is 0 Å². The van der Waals surface area contributed by atoms with Crippen LogP contribution in [0.4, 0.5) is 0 Å². The maximum absolute atomic E-state index is 10.00. The molecule has 1 fully saturated rings. The predicted octanol–water partition coefficient (Wildman–Crippen LogP) is 3.26. The third-order valence-electron chi connectivity index (χ3n) is 3.93. The van der Waals surface area contributed by atoms with Gasteiger partial charge in [0.2, 0.25) is 0 Å². The van der Waals surface area contributed by atoms with Crippen LogP contribution in [0.15, 0.2) is 18.2 Å². The first kappa shape index (κ1) is 16.9. The van der Waals surface area contributed by atoms with E-state index in [9.17, 15) is 5.11 Å². The van der Waals surface area contributed by atoms with E-state index in [4.69, 9.17) is 16.3 Å². The fourth-order valence-corrected chi connectivity index (χ4v) is 3.51. The lowest BCUT2D eigenvalue weighted by Crippen LogP contribution is -2.37. The minimum Gasteiger partial charge on any atom is -0.491 e. The van der Waals surface area contributed by atoms with Crippen molar-refractivity contribution in [3.05, 3.63) is 28.8 Å². The van der Waals surface area contributed by atoms with Gasteiger partial charge in [0, 0.05) is 22.9 Å². The van der Waals surface area contributed by atoms with E-state index >= 15 is 0 Å². The van der Waals surface area contributed by atoms with Crippen LogP contribution in [-0.4, -0.2) is 41.9 Å². The highest BCUT2D eigenvalue weighted by atomic mass is 35.5. The van der Waals surface area contributed by atoms with Crippen LogP contribution in [-0.2, 0) is 0 Å². The summed E-state index contributed by atoms with van der Waals surface area (Å²) in [6, 6.07) is 6.07. The molecular formula is C16H24ClNO2S. The number of thioether (sulfide) groups is 1. The van der Waals surface area contributed by atoms with Crippen molar-refractivity contribution in [2.45, 2.75) is 43.6 Å². The van der Waals surface area contributed by atoms with Gasteiger partial charge in [-0.1, -0.05) is 11.6 Å². The largest absolute Gasteiger partial charge is 0.491 e. The SMILES string of the molecule is CSC1CCC(NCC(O)COc2ccc(Cl)c(C)c2)C1. The average Bonchev–Trinajstić information content (AvgIpc) is 2.94. The zero-order valence-corrected chi connectivity index (χ0v) is 14.2.